The van der Waals surface area contributed by atoms with Crippen LogP contribution in [0.2, 0.25) is 5.02 Å². The summed E-state index contributed by atoms with van der Waals surface area (Å²) < 4.78 is 9.65. The molecule has 7 nitrogen and oxygen atoms in total. The number of imidazole rings is 1. The van der Waals surface area contributed by atoms with Crippen LogP contribution in [0.5, 0.6) is 5.75 Å². The van der Waals surface area contributed by atoms with Gasteiger partial charge < -0.3 is 24.7 Å². The van der Waals surface area contributed by atoms with E-state index >= 15 is 0 Å². The molecule has 3 N–H and O–H groups in total. The number of hydrogen-bond acceptors (Lipinski definition) is 4. The van der Waals surface area contributed by atoms with Gasteiger partial charge in [0, 0.05) is 35.4 Å². The van der Waals surface area contributed by atoms with Crippen molar-refractivity contribution in [2.24, 2.45) is 12.8 Å². The number of aliphatic hydroxyl groups is 1. The van der Waals surface area contributed by atoms with E-state index in [9.17, 15) is 9.90 Å². The van der Waals surface area contributed by atoms with Crippen molar-refractivity contribution in [3.8, 4) is 5.75 Å². The second-order valence-corrected chi connectivity index (χ2v) is 8.90. The van der Waals surface area contributed by atoms with Crippen LogP contribution in [-0.2, 0) is 19.9 Å². The summed E-state index contributed by atoms with van der Waals surface area (Å²) in [6, 6.07) is 14.1. The van der Waals surface area contributed by atoms with Gasteiger partial charge in [0.25, 0.3) is 5.91 Å². The van der Waals surface area contributed by atoms with Crippen LogP contribution in [0.1, 0.15) is 47.1 Å². The van der Waals surface area contributed by atoms with Crippen molar-refractivity contribution in [2.75, 3.05) is 6.61 Å². The average molecular weight is 481 g/mol. The summed E-state index contributed by atoms with van der Waals surface area (Å²) in [5.74, 6) is 0.248. The first-order valence-corrected chi connectivity index (χ1v) is 11.7. The molecule has 2 aromatic carbocycles. The fraction of sp³-hybridized carbons (Fsp3) is 0.308. The van der Waals surface area contributed by atoms with Gasteiger partial charge in [-0.15, -0.1) is 0 Å². The number of nitrogens with zero attached hydrogens (tertiary/aromatic N) is 3. The zero-order valence-corrected chi connectivity index (χ0v) is 19.9. The second-order valence-electron chi connectivity index (χ2n) is 8.47. The number of amides is 1. The summed E-state index contributed by atoms with van der Waals surface area (Å²) in [4.78, 5) is 15.1. The summed E-state index contributed by atoms with van der Waals surface area (Å²) in [6.45, 7) is 0.640. The molecule has 34 heavy (non-hydrogen) atoms. The Balaban J connectivity index is 1.32. The van der Waals surface area contributed by atoms with Crippen molar-refractivity contribution < 1.29 is 14.6 Å². The van der Waals surface area contributed by atoms with Crippen LogP contribution in [0.15, 0.2) is 61.2 Å². The first-order chi connectivity index (χ1) is 16.4. The molecular formula is C26H29ClN4O3. The van der Waals surface area contributed by atoms with Crippen LogP contribution < -0.4 is 10.5 Å². The lowest BCUT2D eigenvalue weighted by Gasteiger charge is -2.11. The molecule has 2 heterocycles. The predicted octanol–water partition coefficient (Wildman–Crippen LogP) is 4.65. The smallest absolute Gasteiger partial charge is 0.268 e. The minimum atomic E-state index is -0.755. The van der Waals surface area contributed by atoms with E-state index in [1.54, 1.807) is 0 Å². The van der Waals surface area contributed by atoms with Crippen molar-refractivity contribution in [1.29, 1.82) is 0 Å². The fourth-order valence-corrected chi connectivity index (χ4v) is 4.24. The van der Waals surface area contributed by atoms with Gasteiger partial charge in [-0.25, -0.2) is 4.98 Å². The molecule has 8 heteroatoms. The van der Waals surface area contributed by atoms with E-state index in [4.69, 9.17) is 22.1 Å². The monoisotopic (exact) mass is 480 g/mol. The Morgan fingerprint density at radius 2 is 1.94 bits per heavy atom. The molecule has 0 aliphatic rings. The number of aliphatic hydroxyl groups excluding tert-OH is 1. The van der Waals surface area contributed by atoms with Gasteiger partial charge in [0.15, 0.2) is 0 Å². The van der Waals surface area contributed by atoms with Gasteiger partial charge >= 0.3 is 0 Å². The molecular weight excluding hydrogens is 452 g/mol. The minimum Gasteiger partial charge on any atom is -0.494 e. The van der Waals surface area contributed by atoms with Crippen LogP contribution in [0.4, 0.5) is 0 Å². The van der Waals surface area contributed by atoms with Gasteiger partial charge in [-0.2, -0.15) is 0 Å². The highest BCUT2D eigenvalue weighted by Crippen LogP contribution is 2.27. The minimum absolute atomic E-state index is 0.147. The molecule has 0 spiro atoms. The molecule has 0 saturated carbocycles. The molecule has 0 unspecified atom stereocenters. The third kappa shape index (κ3) is 5.79. The highest BCUT2D eigenvalue weighted by molar-refractivity contribution is 6.30. The SMILES string of the molecule is Cn1cc(CCC[C@@H](O)n2cnc(C(N)=O)c2)c2cc(OCCCc3ccc(Cl)cc3)ccc21. The zero-order chi connectivity index (χ0) is 24.1. The Morgan fingerprint density at radius 3 is 2.68 bits per heavy atom. The average Bonchev–Trinajstić information content (AvgIpc) is 3.44. The lowest BCUT2D eigenvalue weighted by Crippen LogP contribution is -2.11. The normalized spacial score (nSPS) is 12.2. The number of primary amides is 1. The van der Waals surface area contributed by atoms with E-state index < -0.39 is 12.1 Å². The van der Waals surface area contributed by atoms with Crippen molar-refractivity contribution in [3.05, 3.63) is 83.0 Å². The first kappa shape index (κ1) is 23.9. The molecule has 178 valence electrons. The van der Waals surface area contributed by atoms with Crippen molar-refractivity contribution in [2.45, 2.75) is 38.3 Å². The Bertz CT molecular complexity index is 1260. The molecule has 1 atom stereocenters. The number of benzene rings is 2. The Labute approximate surface area is 203 Å². The highest BCUT2D eigenvalue weighted by atomic mass is 35.5. The zero-order valence-electron chi connectivity index (χ0n) is 19.2. The number of fused-ring (bicyclic) bond motifs is 1. The topological polar surface area (TPSA) is 95.3 Å². The van der Waals surface area contributed by atoms with E-state index in [2.05, 4.69) is 27.9 Å². The third-order valence-corrected chi connectivity index (χ3v) is 6.19. The largest absolute Gasteiger partial charge is 0.494 e. The predicted molar refractivity (Wildman–Crippen MR) is 133 cm³/mol. The molecule has 2 aromatic heterocycles. The Morgan fingerprint density at radius 1 is 1.15 bits per heavy atom. The van der Waals surface area contributed by atoms with Gasteiger partial charge in [-0.05, 0) is 73.6 Å². The Kier molecular flexibility index (Phi) is 7.55. The molecule has 4 rings (SSSR count). The number of nitrogens with two attached hydrogens (primary N) is 1. The van der Waals surface area contributed by atoms with Crippen molar-refractivity contribution in [3.63, 3.8) is 0 Å². The number of rotatable bonds is 11. The number of aryl methyl sites for hydroxylation is 3. The Hall–Kier alpha value is -3.29. The molecule has 0 fully saturated rings. The van der Waals surface area contributed by atoms with E-state index in [1.807, 2.05) is 37.4 Å². The van der Waals surface area contributed by atoms with E-state index in [-0.39, 0.29) is 5.69 Å². The van der Waals surface area contributed by atoms with Crippen LogP contribution in [0, 0.1) is 0 Å². The lowest BCUT2D eigenvalue weighted by molar-refractivity contribution is 0.0918. The van der Waals surface area contributed by atoms with Crippen LogP contribution >= 0.6 is 11.6 Å². The summed E-state index contributed by atoms with van der Waals surface area (Å²) in [5.41, 5.74) is 8.97. The molecule has 4 aromatic rings. The van der Waals surface area contributed by atoms with Gasteiger partial charge in [-0.1, -0.05) is 23.7 Å². The molecule has 0 aliphatic heterocycles. The standard InChI is InChI=1S/C26H29ClN4O3/c1-30-15-19(5-2-6-25(32)31-16-23(26(28)33)29-17-31)22-14-21(11-12-24(22)30)34-13-3-4-18-7-9-20(27)10-8-18/h7-12,14-17,25,32H,2-6,13H2,1H3,(H2,28,33)/t25-/m1/s1. The lowest BCUT2D eigenvalue weighted by atomic mass is 10.1. The summed E-state index contributed by atoms with van der Waals surface area (Å²) in [7, 11) is 2.03. The van der Waals surface area contributed by atoms with Gasteiger partial charge in [0.2, 0.25) is 0 Å². The van der Waals surface area contributed by atoms with Crippen LogP contribution in [-0.4, -0.2) is 31.7 Å². The van der Waals surface area contributed by atoms with E-state index in [0.717, 1.165) is 47.4 Å². The number of ether oxygens (including phenoxy) is 1. The van der Waals surface area contributed by atoms with E-state index in [1.165, 1.54) is 28.2 Å². The molecule has 0 bridgehead atoms. The number of aromatic nitrogens is 3. The van der Waals surface area contributed by atoms with Crippen LogP contribution in [0.3, 0.4) is 0 Å². The summed E-state index contributed by atoms with van der Waals surface area (Å²) >= 11 is 5.94. The quantitative estimate of drug-likeness (QED) is 0.305. The fourth-order valence-electron chi connectivity index (χ4n) is 4.11. The first-order valence-electron chi connectivity index (χ1n) is 11.4. The maximum absolute atomic E-state index is 11.2. The van der Waals surface area contributed by atoms with Crippen molar-refractivity contribution >= 4 is 28.4 Å². The summed E-state index contributed by atoms with van der Waals surface area (Å²) in [6.07, 6.45) is 8.26. The van der Waals surface area contributed by atoms with Crippen molar-refractivity contribution in [1.82, 2.24) is 14.1 Å². The molecule has 1 amide bonds. The second kappa shape index (κ2) is 10.8. The van der Waals surface area contributed by atoms with Crippen LogP contribution in [0.25, 0.3) is 10.9 Å². The number of carbonyl (C=O) groups excluding carboxylic acids is 1. The number of halogens is 1. The summed E-state index contributed by atoms with van der Waals surface area (Å²) in [5, 5.41) is 12.3. The maximum Gasteiger partial charge on any atom is 0.268 e. The highest BCUT2D eigenvalue weighted by Gasteiger charge is 2.13. The van der Waals surface area contributed by atoms with Gasteiger partial charge in [0.05, 0.1) is 12.9 Å². The molecule has 0 aliphatic carbocycles. The van der Waals surface area contributed by atoms with Gasteiger partial charge in [-0.3, -0.25) is 4.79 Å². The third-order valence-electron chi connectivity index (χ3n) is 5.94. The molecule has 0 saturated heterocycles. The number of hydrogen-bond donors (Lipinski definition) is 2. The number of carbonyl (C=O) groups is 1. The van der Waals surface area contributed by atoms with E-state index in [0.29, 0.717) is 13.0 Å². The maximum atomic E-state index is 11.2. The molecule has 0 radical (unpaired) electrons. The van der Waals surface area contributed by atoms with Gasteiger partial charge in [0.1, 0.15) is 17.7 Å².